The van der Waals surface area contributed by atoms with Gasteiger partial charge in [0.25, 0.3) is 15.7 Å². The van der Waals surface area contributed by atoms with Gasteiger partial charge in [-0.1, -0.05) is 66.7 Å². The first-order chi connectivity index (χ1) is 13.9. The smallest absolute Gasteiger partial charge is 0.258 e. The zero-order chi connectivity index (χ0) is 20.9. The van der Waals surface area contributed by atoms with Gasteiger partial charge in [-0.2, -0.15) is 13.5 Å². The van der Waals surface area contributed by atoms with Crippen LogP contribution < -0.4 is 4.83 Å². The third-order valence-electron chi connectivity index (χ3n) is 4.40. The molecule has 0 spiro atoms. The number of nitro benzene ring substituents is 1. The molecule has 0 aliphatic heterocycles. The van der Waals surface area contributed by atoms with Crippen LogP contribution in [0.1, 0.15) is 22.6 Å². The summed E-state index contributed by atoms with van der Waals surface area (Å²) in [6, 6.07) is 22.8. The van der Waals surface area contributed by atoms with E-state index >= 15 is 0 Å². The van der Waals surface area contributed by atoms with E-state index in [9.17, 15) is 18.5 Å². The lowest BCUT2D eigenvalue weighted by Crippen LogP contribution is -2.19. The summed E-state index contributed by atoms with van der Waals surface area (Å²) in [5.41, 5.74) is 2.02. The highest BCUT2D eigenvalue weighted by Gasteiger charge is 2.19. The van der Waals surface area contributed by atoms with Crippen molar-refractivity contribution in [1.29, 1.82) is 0 Å². The van der Waals surface area contributed by atoms with Gasteiger partial charge in [0, 0.05) is 23.8 Å². The Bertz CT molecular complexity index is 1090. The van der Waals surface area contributed by atoms with Crippen molar-refractivity contribution in [3.05, 3.63) is 106 Å². The minimum atomic E-state index is -4.05. The van der Waals surface area contributed by atoms with E-state index in [2.05, 4.69) is 9.93 Å². The van der Waals surface area contributed by atoms with Crippen LogP contribution in [-0.4, -0.2) is 19.6 Å². The van der Waals surface area contributed by atoms with Crippen LogP contribution in [0.4, 0.5) is 5.69 Å². The standard InChI is InChI=1S/C21H19N3O4S/c1-16-12-13-19(14-21(16)24(25)26)29(27,28)23-22-15-20(17-8-4-2-5-9-17)18-10-6-3-7-11-18/h2-15,20,23H,1H3/b22-15+. The molecule has 0 saturated carbocycles. The van der Waals surface area contributed by atoms with E-state index in [0.717, 1.165) is 17.2 Å². The molecule has 148 valence electrons. The topological polar surface area (TPSA) is 102 Å². The lowest BCUT2D eigenvalue weighted by molar-refractivity contribution is -0.385. The number of hydrogen-bond acceptors (Lipinski definition) is 5. The van der Waals surface area contributed by atoms with Gasteiger partial charge >= 0.3 is 0 Å². The van der Waals surface area contributed by atoms with Crippen molar-refractivity contribution in [2.75, 3.05) is 0 Å². The fraction of sp³-hybridized carbons (Fsp3) is 0.0952. The van der Waals surface area contributed by atoms with E-state index in [1.54, 1.807) is 6.92 Å². The van der Waals surface area contributed by atoms with Crippen molar-refractivity contribution in [2.45, 2.75) is 17.7 Å². The van der Waals surface area contributed by atoms with Crippen LogP contribution in [0.5, 0.6) is 0 Å². The highest BCUT2D eigenvalue weighted by atomic mass is 32.2. The third kappa shape index (κ3) is 4.85. The van der Waals surface area contributed by atoms with E-state index in [0.29, 0.717) is 5.56 Å². The van der Waals surface area contributed by atoms with Crippen LogP contribution in [0.15, 0.2) is 88.9 Å². The molecule has 8 heteroatoms. The maximum absolute atomic E-state index is 12.5. The van der Waals surface area contributed by atoms with Gasteiger partial charge in [-0.15, -0.1) is 0 Å². The summed E-state index contributed by atoms with van der Waals surface area (Å²) in [4.78, 5) is 12.4. The first kappa shape index (κ1) is 20.2. The Hall–Kier alpha value is -3.52. The van der Waals surface area contributed by atoms with Crippen LogP contribution in [0, 0.1) is 17.0 Å². The summed E-state index contributed by atoms with van der Waals surface area (Å²) in [6.45, 7) is 1.55. The van der Waals surface area contributed by atoms with Gasteiger partial charge in [0.15, 0.2) is 0 Å². The Morgan fingerprint density at radius 3 is 2.03 bits per heavy atom. The molecule has 0 fully saturated rings. The van der Waals surface area contributed by atoms with E-state index in [1.165, 1.54) is 18.3 Å². The van der Waals surface area contributed by atoms with Gasteiger partial charge in [-0.3, -0.25) is 10.1 Å². The number of nitro groups is 1. The molecule has 0 bridgehead atoms. The van der Waals surface area contributed by atoms with Crippen molar-refractivity contribution in [3.8, 4) is 0 Å². The Labute approximate surface area is 168 Å². The molecular weight excluding hydrogens is 390 g/mol. The molecule has 0 aromatic heterocycles. The maximum Gasteiger partial charge on any atom is 0.276 e. The zero-order valence-corrected chi connectivity index (χ0v) is 16.4. The van der Waals surface area contributed by atoms with E-state index in [1.807, 2.05) is 60.7 Å². The van der Waals surface area contributed by atoms with Crippen LogP contribution in [-0.2, 0) is 10.0 Å². The predicted molar refractivity (Wildman–Crippen MR) is 111 cm³/mol. The molecule has 0 heterocycles. The monoisotopic (exact) mass is 409 g/mol. The number of sulfonamides is 1. The first-order valence-electron chi connectivity index (χ1n) is 8.78. The summed E-state index contributed by atoms with van der Waals surface area (Å²) in [7, 11) is -4.05. The molecule has 29 heavy (non-hydrogen) atoms. The number of aryl methyl sites for hydroxylation is 1. The predicted octanol–water partition coefficient (Wildman–Crippen LogP) is 4.00. The summed E-state index contributed by atoms with van der Waals surface area (Å²) in [5.74, 6) is -0.257. The summed E-state index contributed by atoms with van der Waals surface area (Å²) in [5, 5.41) is 15.0. The van der Waals surface area contributed by atoms with Gasteiger partial charge in [-0.05, 0) is 24.1 Å². The summed E-state index contributed by atoms with van der Waals surface area (Å²) in [6.07, 6.45) is 1.50. The second-order valence-corrected chi connectivity index (χ2v) is 8.04. The van der Waals surface area contributed by atoms with Crippen molar-refractivity contribution in [1.82, 2.24) is 4.83 Å². The molecule has 0 aliphatic rings. The largest absolute Gasteiger partial charge is 0.276 e. The molecule has 0 aliphatic carbocycles. The normalized spacial score (nSPS) is 11.7. The molecule has 0 radical (unpaired) electrons. The molecule has 3 rings (SSSR count). The van der Waals surface area contributed by atoms with Crippen LogP contribution in [0.3, 0.4) is 0 Å². The number of rotatable bonds is 7. The van der Waals surface area contributed by atoms with Gasteiger partial charge in [-0.25, -0.2) is 4.83 Å². The lowest BCUT2D eigenvalue weighted by Gasteiger charge is -2.13. The second kappa shape index (κ2) is 8.66. The average molecular weight is 409 g/mol. The minimum Gasteiger partial charge on any atom is -0.258 e. The van der Waals surface area contributed by atoms with Gasteiger partial charge in [0.2, 0.25) is 0 Å². The number of hydrazone groups is 1. The molecule has 3 aromatic carbocycles. The van der Waals surface area contributed by atoms with Crippen molar-refractivity contribution >= 4 is 21.9 Å². The van der Waals surface area contributed by atoms with Crippen molar-refractivity contribution < 1.29 is 13.3 Å². The lowest BCUT2D eigenvalue weighted by atomic mass is 9.92. The first-order valence-corrected chi connectivity index (χ1v) is 10.3. The zero-order valence-electron chi connectivity index (χ0n) is 15.6. The molecule has 0 unspecified atom stereocenters. The number of nitrogens with one attached hydrogen (secondary N) is 1. The SMILES string of the molecule is Cc1ccc(S(=O)(=O)N/N=C/C(c2ccccc2)c2ccccc2)cc1[N+](=O)[O-]. The second-order valence-electron chi connectivity index (χ2n) is 6.38. The van der Waals surface area contributed by atoms with Crippen LogP contribution in [0.2, 0.25) is 0 Å². The highest BCUT2D eigenvalue weighted by Crippen LogP contribution is 2.24. The molecule has 0 amide bonds. The highest BCUT2D eigenvalue weighted by molar-refractivity contribution is 7.89. The Morgan fingerprint density at radius 2 is 1.52 bits per heavy atom. The Balaban J connectivity index is 1.87. The van der Waals surface area contributed by atoms with Gasteiger partial charge in [0.05, 0.1) is 9.82 Å². The molecule has 1 N–H and O–H groups in total. The Morgan fingerprint density at radius 1 is 0.966 bits per heavy atom. The Kier molecular flexibility index (Phi) is 6.04. The summed E-state index contributed by atoms with van der Waals surface area (Å²) < 4.78 is 25.1. The van der Waals surface area contributed by atoms with Crippen LogP contribution >= 0.6 is 0 Å². The molecular formula is C21H19N3O4S. The number of benzene rings is 3. The maximum atomic E-state index is 12.5. The third-order valence-corrected chi connectivity index (χ3v) is 5.62. The molecule has 0 saturated heterocycles. The quantitative estimate of drug-likeness (QED) is 0.362. The van der Waals surface area contributed by atoms with Crippen molar-refractivity contribution in [2.24, 2.45) is 5.10 Å². The number of nitrogens with zero attached hydrogens (tertiary/aromatic N) is 2. The molecule has 3 aromatic rings. The minimum absolute atomic E-state index is 0.220. The fourth-order valence-corrected chi connectivity index (χ4v) is 3.68. The van der Waals surface area contributed by atoms with Gasteiger partial charge in [0.1, 0.15) is 0 Å². The van der Waals surface area contributed by atoms with Gasteiger partial charge < -0.3 is 0 Å². The van der Waals surface area contributed by atoms with Crippen molar-refractivity contribution in [3.63, 3.8) is 0 Å². The fourth-order valence-electron chi connectivity index (χ4n) is 2.87. The van der Waals surface area contributed by atoms with Crippen LogP contribution in [0.25, 0.3) is 0 Å². The van der Waals surface area contributed by atoms with E-state index in [4.69, 9.17) is 0 Å². The van der Waals surface area contributed by atoms with E-state index < -0.39 is 14.9 Å². The molecule has 0 atom stereocenters. The number of hydrogen-bond donors (Lipinski definition) is 1. The summed E-state index contributed by atoms with van der Waals surface area (Å²) >= 11 is 0. The average Bonchev–Trinajstić information content (AvgIpc) is 2.72. The molecule has 7 nitrogen and oxygen atoms in total. The van der Waals surface area contributed by atoms with E-state index in [-0.39, 0.29) is 16.5 Å².